The lowest BCUT2D eigenvalue weighted by Gasteiger charge is -2.19. The van der Waals surface area contributed by atoms with Crippen molar-refractivity contribution in [1.82, 2.24) is 0 Å². The van der Waals surface area contributed by atoms with E-state index in [-0.39, 0.29) is 42.6 Å². The lowest BCUT2D eigenvalue weighted by atomic mass is 10.0. The highest BCUT2D eigenvalue weighted by Gasteiger charge is 2.27. The third kappa shape index (κ3) is 12.7. The molecular formula is C44H36Cl6N8O6. The Morgan fingerprint density at radius 3 is 1.23 bits per heavy atom. The first kappa shape index (κ1) is 49.3. The second-order valence-corrected chi connectivity index (χ2v) is 16.2. The van der Waals surface area contributed by atoms with Gasteiger partial charge in [0.05, 0.1) is 52.6 Å². The Balaban J connectivity index is 1.30. The van der Waals surface area contributed by atoms with Gasteiger partial charge in [0.2, 0.25) is 12.1 Å². The number of Topliss-reactive ketones (excluding diaryl/α,β-unsaturated/α-hetero) is 2. The lowest BCUT2D eigenvalue weighted by Crippen LogP contribution is -2.33. The van der Waals surface area contributed by atoms with E-state index in [0.717, 1.165) is 0 Å². The van der Waals surface area contributed by atoms with Crippen molar-refractivity contribution in [2.75, 3.05) is 21.3 Å². The van der Waals surface area contributed by atoms with Crippen molar-refractivity contribution in [2.24, 2.45) is 20.5 Å². The molecule has 20 heteroatoms. The molecule has 0 saturated heterocycles. The summed E-state index contributed by atoms with van der Waals surface area (Å²) in [7, 11) is 0. The molecule has 0 aliphatic heterocycles. The number of hydrogen-bond acceptors (Lipinski definition) is 10. The van der Waals surface area contributed by atoms with E-state index in [1.165, 1.54) is 74.5 Å². The van der Waals surface area contributed by atoms with E-state index in [9.17, 15) is 28.8 Å². The fourth-order valence-corrected chi connectivity index (χ4v) is 6.89. The molecule has 0 aromatic heterocycles. The van der Waals surface area contributed by atoms with E-state index in [1.807, 2.05) is 13.8 Å². The summed E-state index contributed by atoms with van der Waals surface area (Å²) in [5.41, 5.74) is 2.95. The van der Waals surface area contributed by atoms with Gasteiger partial charge in [0.1, 0.15) is 0 Å². The molecule has 4 N–H and O–H groups in total. The second kappa shape index (κ2) is 22.2. The lowest BCUT2D eigenvalue weighted by molar-refractivity contribution is -0.127. The van der Waals surface area contributed by atoms with E-state index < -0.39 is 47.3 Å². The van der Waals surface area contributed by atoms with Gasteiger partial charge in [-0.2, -0.15) is 20.5 Å². The summed E-state index contributed by atoms with van der Waals surface area (Å²) < 4.78 is 0. The first-order valence-electron chi connectivity index (χ1n) is 19.1. The van der Waals surface area contributed by atoms with Crippen molar-refractivity contribution in [3.8, 4) is 0 Å². The van der Waals surface area contributed by atoms with Gasteiger partial charge >= 0.3 is 0 Å². The molecule has 64 heavy (non-hydrogen) atoms. The molecule has 0 fully saturated rings. The number of carbonyl (C=O) groups excluding carboxylic acids is 6. The number of azo groups is 2. The molecule has 5 rings (SSSR count). The number of carbonyl (C=O) groups is 6. The molecule has 330 valence electrons. The summed E-state index contributed by atoms with van der Waals surface area (Å²) in [6.07, 6.45) is 0.758. The third-order valence-corrected chi connectivity index (χ3v) is 11.3. The normalized spacial score (nSPS) is 12.2. The molecule has 0 radical (unpaired) electrons. The van der Waals surface area contributed by atoms with Crippen LogP contribution in [-0.2, 0) is 32.0 Å². The summed E-state index contributed by atoms with van der Waals surface area (Å²) in [5, 5.41) is 28.3. The number of halogens is 6. The van der Waals surface area contributed by atoms with Crippen LogP contribution in [0.2, 0.25) is 30.1 Å². The van der Waals surface area contributed by atoms with Gasteiger partial charge in [-0.1, -0.05) is 83.5 Å². The first-order chi connectivity index (χ1) is 30.4. The Labute approximate surface area is 397 Å². The maximum absolute atomic E-state index is 13.6. The van der Waals surface area contributed by atoms with Gasteiger partial charge in [-0.15, -0.1) is 0 Å². The third-order valence-electron chi connectivity index (χ3n) is 9.17. The van der Waals surface area contributed by atoms with Crippen LogP contribution in [0.5, 0.6) is 0 Å². The van der Waals surface area contributed by atoms with Gasteiger partial charge in [-0.25, -0.2) is 0 Å². The van der Waals surface area contributed by atoms with Crippen LogP contribution in [0.3, 0.4) is 0 Å². The summed E-state index contributed by atoms with van der Waals surface area (Å²) in [6.45, 7) is 6.02. The minimum absolute atomic E-state index is 0.0384. The molecule has 0 heterocycles. The molecular weight excluding hydrogens is 949 g/mol. The van der Waals surface area contributed by atoms with Gasteiger partial charge in [0.15, 0.2) is 11.6 Å². The quantitative estimate of drug-likeness (QED) is 0.0560. The van der Waals surface area contributed by atoms with Crippen molar-refractivity contribution in [3.63, 3.8) is 0 Å². The molecule has 2 unspecified atom stereocenters. The minimum Gasteiger partial charge on any atom is -0.324 e. The number of anilines is 4. The average molecular weight is 986 g/mol. The number of nitrogens with one attached hydrogen (secondary N) is 4. The van der Waals surface area contributed by atoms with Gasteiger partial charge < -0.3 is 21.3 Å². The zero-order valence-electron chi connectivity index (χ0n) is 34.2. The molecule has 0 saturated carbocycles. The summed E-state index contributed by atoms with van der Waals surface area (Å²) in [4.78, 5) is 78.6. The van der Waals surface area contributed by atoms with Gasteiger partial charge in [-0.05, 0) is 123 Å². The van der Waals surface area contributed by atoms with Crippen LogP contribution in [0.25, 0.3) is 0 Å². The summed E-state index contributed by atoms with van der Waals surface area (Å²) in [6, 6.07) is 17.6. The fraction of sp³-hybridized carbons (Fsp3) is 0.182. The van der Waals surface area contributed by atoms with Crippen molar-refractivity contribution < 1.29 is 28.8 Å². The number of amides is 4. The Kier molecular flexibility index (Phi) is 17.1. The Morgan fingerprint density at radius 2 is 0.859 bits per heavy atom. The number of aryl methyl sites for hydroxylation is 2. The highest BCUT2D eigenvalue weighted by Crippen LogP contribution is 2.31. The van der Waals surface area contributed by atoms with Gasteiger partial charge in [0, 0.05) is 22.7 Å². The number of rotatable bonds is 16. The Bertz CT molecular complexity index is 2720. The second-order valence-electron chi connectivity index (χ2n) is 13.8. The minimum atomic E-state index is -1.58. The highest BCUT2D eigenvalue weighted by atomic mass is 35.5. The van der Waals surface area contributed by atoms with Gasteiger partial charge in [0.25, 0.3) is 23.6 Å². The van der Waals surface area contributed by atoms with E-state index in [0.29, 0.717) is 56.8 Å². The monoisotopic (exact) mass is 982 g/mol. The molecule has 0 aliphatic carbocycles. The largest absolute Gasteiger partial charge is 0.324 e. The average Bonchev–Trinajstić information content (AvgIpc) is 3.24. The number of hydrogen-bond donors (Lipinski definition) is 4. The Morgan fingerprint density at radius 1 is 0.469 bits per heavy atom. The molecule has 0 bridgehead atoms. The number of ketones is 2. The SMILES string of the molecule is CCc1cc(NC(=O)C(N=Nc2ccc(Cl)c(C(=O)Nc3ccc(Cl)c(Cl)c3)c2)C(C)=O)cc(CC)c1NC(=O)C(N=Nc1ccc(Cl)c(C(=O)Nc2ccc(Cl)c(Cl)c2)c1)C(C)=O. The van der Waals surface area contributed by atoms with Crippen molar-refractivity contribution in [3.05, 3.63) is 137 Å². The maximum atomic E-state index is 13.6. The standard InChI is InChI=1S/C44H36Cl6N8O6/c1-5-23-15-29(53-43(63)38(21(3)59)57-55-27-9-11-32(45)30(17-27)41(61)51-25-7-13-34(47)36(49)19-25)16-24(6-2)40(23)54-44(64)39(22(4)60)58-56-28-10-12-33(46)31(18-28)42(62)52-26-8-14-35(48)37(50)20-26/h7-20,38-39H,5-6H2,1-4H3,(H,51,61)(H,52,62)(H,53,63)(H,54,64). The molecule has 5 aromatic rings. The maximum Gasteiger partial charge on any atom is 0.258 e. The van der Waals surface area contributed by atoms with Crippen LogP contribution in [-0.4, -0.2) is 47.3 Å². The molecule has 0 aliphatic rings. The van der Waals surface area contributed by atoms with Crippen molar-refractivity contribution >= 4 is 139 Å². The van der Waals surface area contributed by atoms with E-state index >= 15 is 0 Å². The fourth-order valence-electron chi connectivity index (χ4n) is 5.89. The van der Waals surface area contributed by atoms with Gasteiger partial charge in [-0.3, -0.25) is 28.8 Å². The number of nitrogens with zero attached hydrogens (tertiary/aromatic N) is 4. The van der Waals surface area contributed by atoms with Crippen molar-refractivity contribution in [2.45, 2.75) is 52.6 Å². The molecule has 0 spiro atoms. The van der Waals surface area contributed by atoms with E-state index in [1.54, 1.807) is 24.3 Å². The summed E-state index contributed by atoms with van der Waals surface area (Å²) >= 11 is 36.7. The summed E-state index contributed by atoms with van der Waals surface area (Å²) in [5.74, 6) is -3.97. The highest BCUT2D eigenvalue weighted by molar-refractivity contribution is 6.43. The number of benzene rings is 5. The molecule has 5 aromatic carbocycles. The van der Waals surface area contributed by atoms with E-state index in [2.05, 4.69) is 41.7 Å². The molecule has 14 nitrogen and oxygen atoms in total. The van der Waals surface area contributed by atoms with Crippen LogP contribution >= 0.6 is 69.6 Å². The predicted molar refractivity (Wildman–Crippen MR) is 252 cm³/mol. The van der Waals surface area contributed by atoms with Crippen molar-refractivity contribution in [1.29, 1.82) is 0 Å². The Hall–Kier alpha value is -5.74. The molecule has 2 atom stereocenters. The van der Waals surface area contributed by atoms with E-state index in [4.69, 9.17) is 69.6 Å². The van der Waals surface area contributed by atoms with Crippen LogP contribution in [0.15, 0.2) is 105 Å². The van der Waals surface area contributed by atoms with Crippen LogP contribution in [0.4, 0.5) is 34.1 Å². The topological polar surface area (TPSA) is 200 Å². The smallest absolute Gasteiger partial charge is 0.258 e. The zero-order chi connectivity index (χ0) is 46.8. The van der Waals surface area contributed by atoms with Crippen LogP contribution < -0.4 is 21.3 Å². The molecule has 4 amide bonds. The zero-order valence-corrected chi connectivity index (χ0v) is 38.7. The van der Waals surface area contributed by atoms with Crippen LogP contribution in [0.1, 0.15) is 59.5 Å². The first-order valence-corrected chi connectivity index (χ1v) is 21.4. The predicted octanol–water partition coefficient (Wildman–Crippen LogP) is 12.6. The van der Waals surface area contributed by atoms with Crippen LogP contribution in [0, 0.1) is 0 Å².